The zero-order valence-corrected chi connectivity index (χ0v) is 21.4. The molecule has 0 unspecified atom stereocenters. The van der Waals surface area contributed by atoms with Crippen LogP contribution in [-0.4, -0.2) is 23.8 Å². The zero-order chi connectivity index (χ0) is 25.3. The highest BCUT2D eigenvalue weighted by Gasteiger charge is 2.10. The fraction of sp³-hybridized carbons (Fsp3) is 0.276. The Morgan fingerprint density at radius 2 is 1.61 bits per heavy atom. The van der Waals surface area contributed by atoms with Crippen LogP contribution in [0.1, 0.15) is 37.3 Å². The maximum atomic E-state index is 11.4. The summed E-state index contributed by atoms with van der Waals surface area (Å²) in [5, 5.41) is 9.83. The standard InChI is InChI=1S/C29H31NO5S/c1-3-6-22-19-25(35-24-14-12-23(33-2)13-15-24)16-17-26(22)34-18-5-4-7-20-8-10-21(11-9-20)27-28(31)30-29(32)36-27/h8-17,19,31H,3-7,18H2,1-2H3,(H,30,32). The van der Waals surface area contributed by atoms with E-state index in [4.69, 9.17) is 14.2 Å². The van der Waals surface area contributed by atoms with E-state index in [0.29, 0.717) is 11.5 Å². The first-order chi connectivity index (χ1) is 17.6. The molecule has 0 fully saturated rings. The van der Waals surface area contributed by atoms with Gasteiger partial charge in [0.25, 0.3) is 0 Å². The van der Waals surface area contributed by atoms with E-state index < -0.39 is 0 Å². The fourth-order valence-corrected chi connectivity index (χ4v) is 4.69. The first-order valence-electron chi connectivity index (χ1n) is 12.1. The van der Waals surface area contributed by atoms with Crippen molar-refractivity contribution in [3.05, 3.63) is 87.5 Å². The lowest BCUT2D eigenvalue weighted by molar-refractivity contribution is 0.303. The van der Waals surface area contributed by atoms with Gasteiger partial charge in [0, 0.05) is 0 Å². The van der Waals surface area contributed by atoms with Crippen molar-refractivity contribution in [1.82, 2.24) is 4.98 Å². The number of nitrogens with one attached hydrogen (secondary N) is 1. The van der Waals surface area contributed by atoms with Gasteiger partial charge in [0.1, 0.15) is 23.0 Å². The molecule has 4 aromatic rings. The van der Waals surface area contributed by atoms with E-state index in [2.05, 4.69) is 18.0 Å². The molecule has 0 saturated heterocycles. The number of unbranched alkanes of at least 4 members (excludes halogenated alkanes) is 1. The number of rotatable bonds is 12. The second-order valence-corrected chi connectivity index (χ2v) is 9.48. The Morgan fingerprint density at radius 3 is 2.28 bits per heavy atom. The molecule has 1 aromatic heterocycles. The number of ether oxygens (including phenoxy) is 3. The SMILES string of the molecule is CCCc1cc(Oc2ccc(OC)cc2)ccc1OCCCCc1ccc(-c2sc(=O)[nH]c2O)cc1. The van der Waals surface area contributed by atoms with Crippen LogP contribution in [0.4, 0.5) is 0 Å². The predicted octanol–water partition coefficient (Wildman–Crippen LogP) is 6.96. The Hall–Kier alpha value is -3.71. The van der Waals surface area contributed by atoms with Crippen molar-refractivity contribution in [2.24, 2.45) is 0 Å². The molecule has 36 heavy (non-hydrogen) atoms. The molecule has 188 valence electrons. The molecule has 4 rings (SSSR count). The largest absolute Gasteiger partial charge is 0.497 e. The average Bonchev–Trinajstić information content (AvgIpc) is 3.23. The number of methoxy groups -OCH3 is 1. The smallest absolute Gasteiger partial charge is 0.307 e. The van der Waals surface area contributed by atoms with Gasteiger partial charge in [-0.25, -0.2) is 0 Å². The molecule has 0 bridgehead atoms. The Kier molecular flexibility index (Phi) is 8.68. The third kappa shape index (κ3) is 6.70. The molecule has 0 aliphatic heterocycles. The topological polar surface area (TPSA) is 80.8 Å². The van der Waals surface area contributed by atoms with Crippen LogP contribution >= 0.6 is 11.3 Å². The number of hydrogen-bond donors (Lipinski definition) is 2. The van der Waals surface area contributed by atoms with Gasteiger partial charge in [0.2, 0.25) is 5.88 Å². The molecule has 0 radical (unpaired) electrons. The van der Waals surface area contributed by atoms with Crippen molar-refractivity contribution in [2.45, 2.75) is 39.0 Å². The summed E-state index contributed by atoms with van der Waals surface area (Å²) in [4.78, 5) is 14.1. The summed E-state index contributed by atoms with van der Waals surface area (Å²) in [6, 6.07) is 21.5. The van der Waals surface area contributed by atoms with Gasteiger partial charge in [-0.05, 0) is 84.8 Å². The van der Waals surface area contributed by atoms with Crippen molar-refractivity contribution in [1.29, 1.82) is 0 Å². The van der Waals surface area contributed by atoms with Crippen molar-refractivity contribution in [3.63, 3.8) is 0 Å². The minimum Gasteiger partial charge on any atom is -0.497 e. The summed E-state index contributed by atoms with van der Waals surface area (Å²) in [5.41, 5.74) is 3.20. The van der Waals surface area contributed by atoms with Crippen molar-refractivity contribution in [2.75, 3.05) is 13.7 Å². The van der Waals surface area contributed by atoms with Crippen LogP contribution in [0, 0.1) is 0 Å². The number of thiazole rings is 1. The van der Waals surface area contributed by atoms with Crippen LogP contribution in [0.5, 0.6) is 28.9 Å². The molecule has 7 heteroatoms. The first kappa shape index (κ1) is 25.4. The maximum Gasteiger partial charge on any atom is 0.307 e. The summed E-state index contributed by atoms with van der Waals surface area (Å²) in [7, 11) is 1.65. The number of hydrogen-bond acceptors (Lipinski definition) is 6. The van der Waals surface area contributed by atoms with E-state index in [1.54, 1.807) is 7.11 Å². The lowest BCUT2D eigenvalue weighted by Gasteiger charge is -2.14. The number of benzene rings is 3. The van der Waals surface area contributed by atoms with Crippen LogP contribution < -0.4 is 19.1 Å². The number of aromatic amines is 1. The number of aryl methyl sites for hydroxylation is 2. The summed E-state index contributed by atoms with van der Waals surface area (Å²) in [6.07, 6.45) is 4.83. The molecule has 6 nitrogen and oxygen atoms in total. The Morgan fingerprint density at radius 1 is 0.889 bits per heavy atom. The molecule has 0 spiro atoms. The zero-order valence-electron chi connectivity index (χ0n) is 20.6. The number of aromatic hydroxyl groups is 1. The van der Waals surface area contributed by atoms with Gasteiger partial charge >= 0.3 is 4.87 Å². The minimum absolute atomic E-state index is 0.0716. The van der Waals surface area contributed by atoms with E-state index in [9.17, 15) is 9.90 Å². The molecular formula is C29H31NO5S. The molecular weight excluding hydrogens is 474 g/mol. The predicted molar refractivity (Wildman–Crippen MR) is 144 cm³/mol. The number of H-pyrrole nitrogens is 1. The maximum absolute atomic E-state index is 11.4. The molecule has 0 amide bonds. The van der Waals surface area contributed by atoms with Crippen molar-refractivity contribution >= 4 is 11.3 Å². The molecule has 2 N–H and O–H groups in total. The Labute approximate surface area is 215 Å². The van der Waals surface area contributed by atoms with Crippen LogP contribution in [0.15, 0.2) is 71.5 Å². The van der Waals surface area contributed by atoms with E-state index in [1.807, 2.05) is 60.7 Å². The molecule has 3 aromatic carbocycles. The lowest BCUT2D eigenvalue weighted by atomic mass is 10.1. The molecule has 0 saturated carbocycles. The highest BCUT2D eigenvalue weighted by molar-refractivity contribution is 7.13. The lowest BCUT2D eigenvalue weighted by Crippen LogP contribution is -2.01. The van der Waals surface area contributed by atoms with Gasteiger partial charge in [-0.2, -0.15) is 0 Å². The van der Waals surface area contributed by atoms with Gasteiger partial charge in [-0.15, -0.1) is 0 Å². The third-order valence-electron chi connectivity index (χ3n) is 5.81. The molecule has 0 aliphatic carbocycles. The molecule has 0 atom stereocenters. The van der Waals surface area contributed by atoms with Gasteiger partial charge < -0.3 is 19.3 Å². The summed E-state index contributed by atoms with van der Waals surface area (Å²) < 4.78 is 17.3. The number of aromatic nitrogens is 1. The summed E-state index contributed by atoms with van der Waals surface area (Å²) >= 11 is 1.01. The molecule has 1 heterocycles. The van der Waals surface area contributed by atoms with Crippen LogP contribution in [0.2, 0.25) is 0 Å². The van der Waals surface area contributed by atoms with E-state index >= 15 is 0 Å². The average molecular weight is 506 g/mol. The van der Waals surface area contributed by atoms with E-state index in [0.717, 1.165) is 77.6 Å². The monoisotopic (exact) mass is 505 g/mol. The van der Waals surface area contributed by atoms with E-state index in [-0.39, 0.29) is 10.8 Å². The van der Waals surface area contributed by atoms with Gasteiger partial charge in [-0.1, -0.05) is 48.9 Å². The second-order valence-electron chi connectivity index (χ2n) is 8.49. The summed E-state index contributed by atoms with van der Waals surface area (Å²) in [5.74, 6) is 3.19. The van der Waals surface area contributed by atoms with Crippen LogP contribution in [0.3, 0.4) is 0 Å². The highest BCUT2D eigenvalue weighted by Crippen LogP contribution is 2.31. The first-order valence-corrected chi connectivity index (χ1v) is 13.0. The fourth-order valence-electron chi connectivity index (χ4n) is 3.96. The van der Waals surface area contributed by atoms with Crippen molar-refractivity contribution < 1.29 is 19.3 Å². The van der Waals surface area contributed by atoms with Crippen molar-refractivity contribution in [3.8, 4) is 39.3 Å². The van der Waals surface area contributed by atoms with Crippen LogP contribution in [0.25, 0.3) is 10.4 Å². The Balaban J connectivity index is 1.27. The quantitative estimate of drug-likeness (QED) is 0.203. The second kappa shape index (κ2) is 12.3. The van der Waals surface area contributed by atoms with Gasteiger partial charge in [0.05, 0.1) is 18.6 Å². The van der Waals surface area contributed by atoms with Crippen LogP contribution in [-0.2, 0) is 12.8 Å². The third-order valence-corrected chi connectivity index (χ3v) is 6.73. The van der Waals surface area contributed by atoms with E-state index in [1.165, 1.54) is 5.56 Å². The highest BCUT2D eigenvalue weighted by atomic mass is 32.1. The van der Waals surface area contributed by atoms with Gasteiger partial charge in [-0.3, -0.25) is 9.78 Å². The molecule has 0 aliphatic rings. The normalized spacial score (nSPS) is 10.8. The van der Waals surface area contributed by atoms with Gasteiger partial charge in [0.15, 0.2) is 0 Å². The Bertz CT molecular complexity index is 1310. The minimum atomic E-state index is -0.256. The summed E-state index contributed by atoms with van der Waals surface area (Å²) in [6.45, 7) is 2.81.